The molecule has 5 atom stereocenters. The van der Waals surface area contributed by atoms with Crippen LogP contribution in [-0.4, -0.2) is 42.4 Å². The number of rotatable bonds is 4. The summed E-state index contributed by atoms with van der Waals surface area (Å²) in [6, 6.07) is 0.178. The summed E-state index contributed by atoms with van der Waals surface area (Å²) >= 11 is 0. The number of nitrogens with zero attached hydrogens (tertiary/aromatic N) is 1. The van der Waals surface area contributed by atoms with Crippen LogP contribution in [0.4, 0.5) is 4.79 Å². The van der Waals surface area contributed by atoms with Crippen LogP contribution in [0.15, 0.2) is 0 Å². The van der Waals surface area contributed by atoms with Gasteiger partial charge in [-0.15, -0.1) is 0 Å². The molecule has 126 valence electrons. The third kappa shape index (κ3) is 3.76. The highest BCUT2D eigenvalue weighted by Gasteiger charge is 2.43. The van der Waals surface area contributed by atoms with Crippen molar-refractivity contribution in [1.29, 1.82) is 0 Å². The van der Waals surface area contributed by atoms with Crippen molar-refractivity contribution in [3.05, 3.63) is 0 Å². The smallest absolute Gasteiger partial charge is 0.410 e. The van der Waals surface area contributed by atoms with Gasteiger partial charge in [-0.25, -0.2) is 4.79 Å². The highest BCUT2D eigenvalue weighted by Crippen LogP contribution is 2.50. The minimum absolute atomic E-state index is 0.0588. The second-order valence-electron chi connectivity index (χ2n) is 7.84. The molecule has 22 heavy (non-hydrogen) atoms. The van der Waals surface area contributed by atoms with E-state index in [4.69, 9.17) is 9.47 Å². The Balaban J connectivity index is 1.53. The fourth-order valence-corrected chi connectivity index (χ4v) is 4.19. The summed E-state index contributed by atoms with van der Waals surface area (Å²) in [6.07, 6.45) is 7.65. The number of hydrogen-bond acceptors (Lipinski definition) is 3. The zero-order valence-electron chi connectivity index (χ0n) is 14.3. The number of carbonyl (C=O) groups excluding carboxylic acids is 1. The molecule has 4 heteroatoms. The highest BCUT2D eigenvalue weighted by atomic mass is 16.6. The molecule has 3 rings (SSSR count). The minimum atomic E-state index is -0.166. The van der Waals surface area contributed by atoms with Gasteiger partial charge in [0, 0.05) is 6.54 Å². The zero-order chi connectivity index (χ0) is 15.7. The molecule has 1 saturated heterocycles. The predicted molar refractivity (Wildman–Crippen MR) is 85.7 cm³/mol. The SMILES string of the molecule is CC(C)OC(=O)N1CCC[C@H](C)[C@@H]1COC1CCC2CC2C1. The maximum absolute atomic E-state index is 12.3. The molecule has 4 nitrogen and oxygen atoms in total. The van der Waals surface area contributed by atoms with Crippen LogP contribution in [0.25, 0.3) is 0 Å². The quantitative estimate of drug-likeness (QED) is 0.792. The van der Waals surface area contributed by atoms with E-state index in [0.29, 0.717) is 18.6 Å². The summed E-state index contributed by atoms with van der Waals surface area (Å²) in [6.45, 7) is 7.53. The molecule has 1 amide bonds. The van der Waals surface area contributed by atoms with Crippen molar-refractivity contribution in [2.24, 2.45) is 17.8 Å². The van der Waals surface area contributed by atoms with Crippen LogP contribution < -0.4 is 0 Å². The molecule has 3 aliphatic rings. The monoisotopic (exact) mass is 309 g/mol. The lowest BCUT2D eigenvalue weighted by molar-refractivity contribution is -0.0361. The van der Waals surface area contributed by atoms with Gasteiger partial charge in [-0.3, -0.25) is 0 Å². The van der Waals surface area contributed by atoms with Crippen LogP contribution in [-0.2, 0) is 9.47 Å². The standard InChI is InChI=1S/C18H31NO3/c1-12(2)22-18(20)19-8-4-5-13(3)17(19)11-21-16-7-6-14-9-15(14)10-16/h12-17H,4-11H2,1-3H3/t13-,14?,15?,16?,17-/m0/s1. The summed E-state index contributed by atoms with van der Waals surface area (Å²) < 4.78 is 11.6. The molecular formula is C18H31NO3. The van der Waals surface area contributed by atoms with Crippen molar-refractivity contribution in [3.63, 3.8) is 0 Å². The summed E-state index contributed by atoms with van der Waals surface area (Å²) in [4.78, 5) is 14.2. The van der Waals surface area contributed by atoms with Gasteiger partial charge in [-0.2, -0.15) is 0 Å². The predicted octanol–water partition coefficient (Wildman–Crippen LogP) is 3.84. The molecule has 0 spiro atoms. The largest absolute Gasteiger partial charge is 0.447 e. The number of carbonyl (C=O) groups is 1. The Morgan fingerprint density at radius 3 is 2.73 bits per heavy atom. The summed E-state index contributed by atoms with van der Waals surface area (Å²) in [5.74, 6) is 2.43. The summed E-state index contributed by atoms with van der Waals surface area (Å²) in [5.41, 5.74) is 0. The van der Waals surface area contributed by atoms with Crippen LogP contribution in [0.2, 0.25) is 0 Å². The number of ether oxygens (including phenoxy) is 2. The Morgan fingerprint density at radius 1 is 1.18 bits per heavy atom. The van der Waals surface area contributed by atoms with E-state index in [9.17, 15) is 4.79 Å². The second kappa shape index (κ2) is 6.77. The van der Waals surface area contributed by atoms with Crippen LogP contribution in [0, 0.1) is 17.8 Å². The first-order valence-electron chi connectivity index (χ1n) is 9.13. The van der Waals surface area contributed by atoms with Crippen molar-refractivity contribution < 1.29 is 14.3 Å². The van der Waals surface area contributed by atoms with Gasteiger partial charge < -0.3 is 14.4 Å². The van der Waals surface area contributed by atoms with Crippen molar-refractivity contribution in [2.75, 3.05) is 13.2 Å². The van der Waals surface area contributed by atoms with Gasteiger partial charge >= 0.3 is 6.09 Å². The molecule has 3 fully saturated rings. The fraction of sp³-hybridized carbons (Fsp3) is 0.944. The summed E-state index contributed by atoms with van der Waals surface area (Å²) in [7, 11) is 0. The van der Waals surface area contributed by atoms with Crippen molar-refractivity contribution in [3.8, 4) is 0 Å². The number of piperidine rings is 1. The molecule has 0 radical (unpaired) electrons. The third-order valence-electron chi connectivity index (χ3n) is 5.68. The van der Waals surface area contributed by atoms with Crippen molar-refractivity contribution in [2.45, 2.75) is 77.5 Å². The van der Waals surface area contributed by atoms with Crippen molar-refractivity contribution in [1.82, 2.24) is 4.90 Å². The second-order valence-corrected chi connectivity index (χ2v) is 7.84. The van der Waals surface area contributed by atoms with Crippen molar-refractivity contribution >= 4 is 6.09 Å². The van der Waals surface area contributed by atoms with Gasteiger partial charge in [0.1, 0.15) is 0 Å². The third-order valence-corrected chi connectivity index (χ3v) is 5.68. The first-order valence-corrected chi connectivity index (χ1v) is 9.13. The minimum Gasteiger partial charge on any atom is -0.447 e. The maximum atomic E-state index is 12.3. The van der Waals surface area contributed by atoms with E-state index in [-0.39, 0.29) is 18.2 Å². The van der Waals surface area contributed by atoms with Gasteiger partial charge in [-0.1, -0.05) is 6.92 Å². The maximum Gasteiger partial charge on any atom is 0.410 e. The Kier molecular flexibility index (Phi) is 4.96. The van der Waals surface area contributed by atoms with Gasteiger partial charge in [0.15, 0.2) is 0 Å². The molecule has 2 saturated carbocycles. The van der Waals surface area contributed by atoms with Crippen LogP contribution in [0.1, 0.15) is 59.3 Å². The van der Waals surface area contributed by atoms with E-state index in [1.165, 1.54) is 32.1 Å². The molecule has 1 aliphatic heterocycles. The summed E-state index contributed by atoms with van der Waals surface area (Å²) in [5, 5.41) is 0. The van der Waals surface area contributed by atoms with Gasteiger partial charge in [-0.05, 0) is 70.1 Å². The molecule has 3 unspecified atom stereocenters. The normalized spacial score (nSPS) is 37.8. The first-order chi connectivity index (χ1) is 10.5. The first kappa shape index (κ1) is 16.1. The van der Waals surface area contributed by atoms with Crippen LogP contribution in [0.3, 0.4) is 0 Å². The average Bonchev–Trinajstić information content (AvgIpc) is 3.23. The molecule has 2 aliphatic carbocycles. The Morgan fingerprint density at radius 2 is 2.00 bits per heavy atom. The highest BCUT2D eigenvalue weighted by molar-refractivity contribution is 5.68. The number of hydrogen-bond donors (Lipinski definition) is 0. The van der Waals surface area contributed by atoms with Gasteiger partial charge in [0.05, 0.1) is 24.9 Å². The van der Waals surface area contributed by atoms with Crippen LogP contribution in [0.5, 0.6) is 0 Å². The molecular weight excluding hydrogens is 278 g/mol. The number of fused-ring (bicyclic) bond motifs is 1. The molecule has 0 N–H and O–H groups in total. The number of amides is 1. The molecule has 0 aromatic rings. The van der Waals surface area contributed by atoms with E-state index in [0.717, 1.165) is 24.8 Å². The Hall–Kier alpha value is -0.770. The molecule has 0 aromatic carbocycles. The topological polar surface area (TPSA) is 38.8 Å². The Bertz CT molecular complexity index is 398. The Labute approximate surface area is 134 Å². The average molecular weight is 309 g/mol. The lowest BCUT2D eigenvalue weighted by Gasteiger charge is -2.40. The van der Waals surface area contributed by atoms with Gasteiger partial charge in [0.25, 0.3) is 0 Å². The van der Waals surface area contributed by atoms with E-state index in [1.807, 2.05) is 18.7 Å². The lowest BCUT2D eigenvalue weighted by atomic mass is 9.91. The van der Waals surface area contributed by atoms with Gasteiger partial charge in [0.2, 0.25) is 0 Å². The fourth-order valence-electron chi connectivity index (χ4n) is 4.19. The van der Waals surface area contributed by atoms with E-state index < -0.39 is 0 Å². The zero-order valence-corrected chi connectivity index (χ0v) is 14.3. The van der Waals surface area contributed by atoms with Crippen LogP contribution >= 0.6 is 0 Å². The lowest BCUT2D eigenvalue weighted by Crippen LogP contribution is -2.51. The number of likely N-dealkylation sites (tertiary alicyclic amines) is 1. The van der Waals surface area contributed by atoms with E-state index >= 15 is 0 Å². The molecule has 0 aromatic heterocycles. The van der Waals surface area contributed by atoms with E-state index in [1.54, 1.807) is 0 Å². The molecule has 1 heterocycles. The van der Waals surface area contributed by atoms with E-state index in [2.05, 4.69) is 6.92 Å². The molecule has 0 bridgehead atoms.